The summed E-state index contributed by atoms with van der Waals surface area (Å²) < 4.78 is 0. The Bertz CT molecular complexity index is 259. The molecule has 0 fully saturated rings. The van der Waals surface area contributed by atoms with E-state index in [1.807, 2.05) is 6.08 Å². The van der Waals surface area contributed by atoms with Crippen LogP contribution in [0.3, 0.4) is 0 Å². The lowest BCUT2D eigenvalue weighted by molar-refractivity contribution is -0.108. The Morgan fingerprint density at radius 3 is 2.45 bits per heavy atom. The molecule has 1 rings (SSSR count). The number of allylic oxidation sites excluding steroid dienone is 4. The normalized spacial score (nSPS) is 17.5. The van der Waals surface area contributed by atoms with Gasteiger partial charge in [-0.05, 0) is 23.6 Å². The molecular weight excluding hydrogens is 156 g/mol. The molecule has 0 saturated carbocycles. The van der Waals surface area contributed by atoms with E-state index in [9.17, 15) is 4.79 Å². The largest absolute Gasteiger partial charge is 0.288 e. The van der Waals surface area contributed by atoms with E-state index >= 15 is 0 Å². The third kappa shape index (κ3) is 1.84. The molecule has 1 nitrogen and oxygen atoms in total. The van der Waals surface area contributed by atoms with Gasteiger partial charge < -0.3 is 0 Å². The van der Waals surface area contributed by atoms with Crippen LogP contribution >= 0.6 is 12.2 Å². The molecule has 0 radical (unpaired) electrons. The lowest BCUT2D eigenvalue weighted by Crippen LogP contribution is -2.11. The number of carbonyl (C=O) groups is 1. The molecule has 1 aliphatic rings. The summed E-state index contributed by atoms with van der Waals surface area (Å²) in [5, 5.41) is 0. The van der Waals surface area contributed by atoms with Crippen LogP contribution in [0.25, 0.3) is 0 Å². The molecule has 0 N–H and O–H groups in total. The van der Waals surface area contributed by atoms with Gasteiger partial charge in [0.15, 0.2) is 5.78 Å². The maximum absolute atomic E-state index is 10.9. The van der Waals surface area contributed by atoms with E-state index in [-0.39, 0.29) is 5.78 Å². The van der Waals surface area contributed by atoms with Crippen LogP contribution in [0.15, 0.2) is 23.8 Å². The second-order valence-electron chi connectivity index (χ2n) is 2.86. The molecule has 0 atom stereocenters. The van der Waals surface area contributed by atoms with E-state index in [1.165, 1.54) is 6.08 Å². The molecule has 0 aromatic heterocycles. The van der Waals surface area contributed by atoms with Crippen molar-refractivity contribution >= 4 is 22.9 Å². The topological polar surface area (TPSA) is 17.1 Å². The van der Waals surface area contributed by atoms with Crippen molar-refractivity contribution in [1.29, 1.82) is 0 Å². The Morgan fingerprint density at radius 2 is 2.00 bits per heavy atom. The first-order valence-electron chi connectivity index (χ1n) is 3.59. The van der Waals surface area contributed by atoms with Gasteiger partial charge in [0.1, 0.15) is 0 Å². The predicted molar refractivity (Wildman–Crippen MR) is 49.7 cm³/mol. The van der Waals surface area contributed by atoms with E-state index in [0.717, 1.165) is 5.57 Å². The summed E-state index contributed by atoms with van der Waals surface area (Å²) in [6.45, 7) is 4.16. The summed E-state index contributed by atoms with van der Waals surface area (Å²) in [5.41, 5.74) is 1.13. The highest BCUT2D eigenvalue weighted by Crippen LogP contribution is 2.14. The van der Waals surface area contributed by atoms with Crippen molar-refractivity contribution in [2.45, 2.75) is 13.8 Å². The fraction of sp³-hybridized carbons (Fsp3) is 0.333. The first-order chi connectivity index (χ1) is 5.11. The highest BCUT2D eigenvalue weighted by molar-refractivity contribution is 7.82. The number of thiocarbonyl (C=S) groups is 1. The van der Waals surface area contributed by atoms with Gasteiger partial charge in [-0.15, -0.1) is 0 Å². The van der Waals surface area contributed by atoms with Crippen molar-refractivity contribution in [1.82, 2.24) is 0 Å². The number of hydrogen-bond donors (Lipinski definition) is 0. The van der Waals surface area contributed by atoms with Crippen LogP contribution in [0.5, 0.6) is 0 Å². The van der Waals surface area contributed by atoms with Gasteiger partial charge in [-0.25, -0.2) is 0 Å². The fourth-order valence-corrected chi connectivity index (χ4v) is 1.09. The van der Waals surface area contributed by atoms with Crippen molar-refractivity contribution in [3.63, 3.8) is 0 Å². The lowest BCUT2D eigenvalue weighted by atomic mass is 9.97. The molecule has 0 aromatic carbocycles. The second-order valence-corrected chi connectivity index (χ2v) is 3.30. The summed E-state index contributed by atoms with van der Waals surface area (Å²) in [6.07, 6.45) is 5.16. The van der Waals surface area contributed by atoms with Crippen LogP contribution in [0.2, 0.25) is 0 Å². The van der Waals surface area contributed by atoms with Crippen LogP contribution in [0, 0.1) is 5.92 Å². The first kappa shape index (κ1) is 8.34. The zero-order chi connectivity index (χ0) is 8.43. The van der Waals surface area contributed by atoms with E-state index < -0.39 is 0 Å². The molecule has 2 heteroatoms. The number of hydrogen-bond acceptors (Lipinski definition) is 2. The molecule has 58 valence electrons. The number of rotatable bonds is 1. The van der Waals surface area contributed by atoms with Crippen LogP contribution in [-0.2, 0) is 4.79 Å². The molecule has 0 aliphatic heterocycles. The minimum absolute atomic E-state index is 0.0515. The molecule has 0 bridgehead atoms. The van der Waals surface area contributed by atoms with E-state index in [2.05, 4.69) is 13.8 Å². The third-order valence-electron chi connectivity index (χ3n) is 1.63. The number of carbonyl (C=O) groups excluding carboxylic acids is 1. The van der Waals surface area contributed by atoms with Gasteiger partial charge in [0.2, 0.25) is 0 Å². The van der Waals surface area contributed by atoms with Gasteiger partial charge >= 0.3 is 0 Å². The van der Waals surface area contributed by atoms with E-state index in [4.69, 9.17) is 12.2 Å². The average Bonchev–Trinajstić information content (AvgIpc) is 1.94. The SMILES string of the molecule is CC(C)C1=CC(=S)C(=O)C=C1. The Hall–Kier alpha value is -0.760. The Kier molecular flexibility index (Phi) is 2.35. The molecule has 1 aliphatic carbocycles. The van der Waals surface area contributed by atoms with E-state index in [0.29, 0.717) is 10.8 Å². The van der Waals surface area contributed by atoms with Gasteiger partial charge in [-0.1, -0.05) is 32.1 Å². The van der Waals surface area contributed by atoms with E-state index in [1.54, 1.807) is 6.08 Å². The third-order valence-corrected chi connectivity index (χ3v) is 1.95. The van der Waals surface area contributed by atoms with Gasteiger partial charge in [0, 0.05) is 0 Å². The molecule has 11 heavy (non-hydrogen) atoms. The maximum atomic E-state index is 10.9. The minimum Gasteiger partial charge on any atom is -0.288 e. The number of ketones is 1. The molecule has 0 aromatic rings. The van der Waals surface area contributed by atoms with Gasteiger partial charge in [-0.2, -0.15) is 0 Å². The zero-order valence-electron chi connectivity index (χ0n) is 6.63. The zero-order valence-corrected chi connectivity index (χ0v) is 7.44. The Balaban J connectivity index is 2.89. The van der Waals surface area contributed by atoms with Crippen LogP contribution in [0.1, 0.15) is 13.8 Å². The molecule has 0 spiro atoms. The molecule has 0 heterocycles. The monoisotopic (exact) mass is 166 g/mol. The van der Waals surface area contributed by atoms with Gasteiger partial charge in [0.05, 0.1) is 4.86 Å². The fourth-order valence-electron chi connectivity index (χ4n) is 0.884. The smallest absolute Gasteiger partial charge is 0.196 e. The quantitative estimate of drug-likeness (QED) is 0.555. The van der Waals surface area contributed by atoms with Crippen molar-refractivity contribution < 1.29 is 4.79 Å². The molecule has 0 amide bonds. The standard InChI is InChI=1S/C9H10OS/c1-6(2)7-3-4-8(10)9(11)5-7/h3-6H,1-2H3. The van der Waals surface area contributed by atoms with Crippen LogP contribution < -0.4 is 0 Å². The summed E-state index contributed by atoms with van der Waals surface area (Å²) >= 11 is 4.85. The summed E-state index contributed by atoms with van der Waals surface area (Å²) in [5.74, 6) is 0.390. The highest BCUT2D eigenvalue weighted by Gasteiger charge is 2.10. The van der Waals surface area contributed by atoms with Crippen molar-refractivity contribution in [3.05, 3.63) is 23.8 Å². The van der Waals surface area contributed by atoms with Crippen molar-refractivity contribution in [2.75, 3.05) is 0 Å². The lowest BCUT2D eigenvalue weighted by Gasteiger charge is -2.09. The van der Waals surface area contributed by atoms with Crippen LogP contribution in [0.4, 0.5) is 0 Å². The Morgan fingerprint density at radius 1 is 1.36 bits per heavy atom. The minimum atomic E-state index is -0.0515. The summed E-state index contributed by atoms with van der Waals surface area (Å²) in [7, 11) is 0. The molecular formula is C9H10OS. The van der Waals surface area contributed by atoms with Crippen molar-refractivity contribution in [2.24, 2.45) is 5.92 Å². The molecule has 0 saturated heterocycles. The van der Waals surface area contributed by atoms with Crippen molar-refractivity contribution in [3.8, 4) is 0 Å². The molecule has 0 unspecified atom stereocenters. The van der Waals surface area contributed by atoms with Crippen LogP contribution in [-0.4, -0.2) is 10.6 Å². The predicted octanol–water partition coefficient (Wildman–Crippen LogP) is 2.08. The average molecular weight is 166 g/mol. The highest BCUT2D eigenvalue weighted by atomic mass is 32.1. The summed E-state index contributed by atoms with van der Waals surface area (Å²) in [4.78, 5) is 11.3. The second kappa shape index (κ2) is 3.09. The Labute approximate surface area is 71.8 Å². The summed E-state index contributed by atoms with van der Waals surface area (Å²) in [6, 6.07) is 0. The first-order valence-corrected chi connectivity index (χ1v) is 4.00. The van der Waals surface area contributed by atoms with Gasteiger partial charge in [0.25, 0.3) is 0 Å². The maximum Gasteiger partial charge on any atom is 0.196 e. The van der Waals surface area contributed by atoms with Gasteiger partial charge in [-0.3, -0.25) is 4.79 Å².